The number of aliphatic hydroxyl groups excluding tert-OH is 1. The van der Waals surface area contributed by atoms with E-state index in [0.717, 1.165) is 19.3 Å². The molecule has 1 aromatic rings. The van der Waals surface area contributed by atoms with E-state index in [1.807, 2.05) is 12.1 Å². The highest BCUT2D eigenvalue weighted by Crippen LogP contribution is 2.60. The average molecular weight is 288 g/mol. The predicted molar refractivity (Wildman–Crippen MR) is 80.3 cm³/mol. The first-order valence-electron chi connectivity index (χ1n) is 8.26. The Hall–Kier alpha value is -1.06. The van der Waals surface area contributed by atoms with Crippen LogP contribution in [0.1, 0.15) is 56.1 Å². The molecule has 1 aromatic carbocycles. The normalized spacial score (nSPS) is 41.1. The predicted octanol–water partition coefficient (Wildman–Crippen LogP) is 3.76. The quantitative estimate of drug-likeness (QED) is 0.611. The van der Waals surface area contributed by atoms with Crippen molar-refractivity contribution in [1.82, 2.24) is 0 Å². The Kier molecular flexibility index (Phi) is 3.05. The second kappa shape index (κ2) is 4.72. The van der Waals surface area contributed by atoms with E-state index in [1.165, 1.54) is 30.4 Å². The summed E-state index contributed by atoms with van der Waals surface area (Å²) in [6, 6.07) is 6.01. The molecule has 5 atom stereocenters. The van der Waals surface area contributed by atoms with Gasteiger partial charge in [-0.25, -0.2) is 5.26 Å². The number of aliphatic hydroxyl groups is 1. The first kappa shape index (κ1) is 13.6. The van der Waals surface area contributed by atoms with Crippen LogP contribution in [-0.4, -0.2) is 16.5 Å². The molecule has 0 bridgehead atoms. The van der Waals surface area contributed by atoms with Gasteiger partial charge in [-0.1, -0.05) is 13.0 Å². The number of benzene rings is 1. The number of fused-ring (bicyclic) bond motifs is 5. The molecule has 0 radical (unpaired) electrons. The van der Waals surface area contributed by atoms with Crippen molar-refractivity contribution in [2.45, 2.75) is 57.5 Å². The van der Waals surface area contributed by atoms with Crippen LogP contribution in [-0.2, 0) is 6.42 Å². The van der Waals surface area contributed by atoms with Gasteiger partial charge in [0.15, 0.2) is 5.75 Å². The SMILES string of the molecule is C[C@]12CC[C@@H]3c4ccc(OO)cc4CC[C@H]3[C@@H]1CC[C@H]2O. The maximum Gasteiger partial charge on any atom is 0.165 e. The molecule has 3 aliphatic carbocycles. The Morgan fingerprint density at radius 2 is 2.05 bits per heavy atom. The summed E-state index contributed by atoms with van der Waals surface area (Å²) in [5, 5.41) is 19.2. The molecule has 2 fully saturated rings. The lowest BCUT2D eigenvalue weighted by molar-refractivity contribution is -0.137. The van der Waals surface area contributed by atoms with Crippen LogP contribution in [0.25, 0.3) is 0 Å². The van der Waals surface area contributed by atoms with Crippen molar-refractivity contribution in [3.8, 4) is 5.75 Å². The Morgan fingerprint density at radius 3 is 2.86 bits per heavy atom. The van der Waals surface area contributed by atoms with E-state index in [4.69, 9.17) is 5.26 Å². The summed E-state index contributed by atoms with van der Waals surface area (Å²) in [5.41, 5.74) is 2.94. The fourth-order valence-electron chi connectivity index (χ4n) is 5.59. The topological polar surface area (TPSA) is 49.7 Å². The number of hydrogen-bond donors (Lipinski definition) is 2. The van der Waals surface area contributed by atoms with Gasteiger partial charge >= 0.3 is 0 Å². The highest BCUT2D eigenvalue weighted by atomic mass is 17.1. The highest BCUT2D eigenvalue weighted by Gasteiger charge is 2.54. The summed E-state index contributed by atoms with van der Waals surface area (Å²) in [6.45, 7) is 2.31. The molecule has 0 aromatic heterocycles. The van der Waals surface area contributed by atoms with Crippen molar-refractivity contribution in [2.24, 2.45) is 17.3 Å². The molecular weight excluding hydrogens is 264 g/mol. The van der Waals surface area contributed by atoms with Gasteiger partial charge < -0.3 is 9.99 Å². The second-order valence-corrected chi connectivity index (χ2v) is 7.51. The first-order chi connectivity index (χ1) is 10.1. The average Bonchev–Trinajstić information content (AvgIpc) is 2.82. The molecule has 3 nitrogen and oxygen atoms in total. The number of aryl methyl sites for hydroxylation is 1. The van der Waals surface area contributed by atoms with Gasteiger partial charge in [0.05, 0.1) is 6.10 Å². The molecule has 0 spiro atoms. The zero-order valence-corrected chi connectivity index (χ0v) is 12.6. The fraction of sp³-hybridized carbons (Fsp3) is 0.667. The molecule has 114 valence electrons. The third kappa shape index (κ3) is 1.87. The van der Waals surface area contributed by atoms with Crippen LogP contribution in [0.2, 0.25) is 0 Å². The van der Waals surface area contributed by atoms with Crippen molar-refractivity contribution in [1.29, 1.82) is 0 Å². The summed E-state index contributed by atoms with van der Waals surface area (Å²) in [5.74, 6) is 2.57. The summed E-state index contributed by atoms with van der Waals surface area (Å²) in [4.78, 5) is 4.38. The summed E-state index contributed by atoms with van der Waals surface area (Å²) >= 11 is 0. The zero-order chi connectivity index (χ0) is 14.6. The minimum absolute atomic E-state index is 0.102. The Balaban J connectivity index is 1.68. The number of rotatable bonds is 1. The third-order valence-electron chi connectivity index (χ3n) is 6.75. The van der Waals surface area contributed by atoms with Crippen molar-refractivity contribution in [3.05, 3.63) is 29.3 Å². The lowest BCUT2D eigenvalue weighted by Gasteiger charge is -2.50. The van der Waals surface area contributed by atoms with Crippen molar-refractivity contribution in [3.63, 3.8) is 0 Å². The monoisotopic (exact) mass is 288 g/mol. The lowest BCUT2D eigenvalue weighted by atomic mass is 9.55. The van der Waals surface area contributed by atoms with E-state index < -0.39 is 0 Å². The van der Waals surface area contributed by atoms with Crippen LogP contribution in [0.15, 0.2) is 18.2 Å². The molecule has 0 aliphatic heterocycles. The van der Waals surface area contributed by atoms with E-state index >= 15 is 0 Å². The smallest absolute Gasteiger partial charge is 0.165 e. The minimum atomic E-state index is -0.102. The zero-order valence-electron chi connectivity index (χ0n) is 12.6. The Labute approximate surface area is 125 Å². The molecule has 0 heterocycles. The minimum Gasteiger partial charge on any atom is -0.393 e. The van der Waals surface area contributed by atoms with Crippen molar-refractivity contribution >= 4 is 0 Å². The first-order valence-corrected chi connectivity index (χ1v) is 8.26. The molecule has 0 amide bonds. The standard InChI is InChI=1S/C18H24O3/c1-18-9-8-14-13-5-3-12(21-20)10-11(13)2-4-15(14)16(18)6-7-17(18)19/h3,5,10,14-17,19-20H,2,4,6-9H2,1H3/t14-,15-,16+,17-,18+/m1/s1. The van der Waals surface area contributed by atoms with Crippen molar-refractivity contribution < 1.29 is 15.3 Å². The molecule has 21 heavy (non-hydrogen) atoms. The van der Waals surface area contributed by atoms with Gasteiger partial charge in [-0.2, -0.15) is 0 Å². The van der Waals surface area contributed by atoms with Gasteiger partial charge in [0, 0.05) is 0 Å². The largest absolute Gasteiger partial charge is 0.393 e. The van der Waals surface area contributed by atoms with Crippen molar-refractivity contribution in [2.75, 3.05) is 0 Å². The van der Waals surface area contributed by atoms with E-state index in [2.05, 4.69) is 17.9 Å². The van der Waals surface area contributed by atoms with Crippen LogP contribution in [0, 0.1) is 17.3 Å². The van der Waals surface area contributed by atoms with Crippen LogP contribution in [0.5, 0.6) is 5.75 Å². The van der Waals surface area contributed by atoms with Gasteiger partial charge in [0.25, 0.3) is 0 Å². The van der Waals surface area contributed by atoms with E-state index in [1.54, 1.807) is 0 Å². The summed E-state index contributed by atoms with van der Waals surface area (Å²) in [6.07, 6.45) is 6.66. The fourth-order valence-corrected chi connectivity index (χ4v) is 5.59. The Morgan fingerprint density at radius 1 is 1.19 bits per heavy atom. The lowest BCUT2D eigenvalue weighted by Crippen LogP contribution is -2.43. The van der Waals surface area contributed by atoms with E-state index in [9.17, 15) is 5.11 Å². The molecule has 0 unspecified atom stereocenters. The molecular formula is C18H24O3. The highest BCUT2D eigenvalue weighted by molar-refractivity contribution is 5.40. The van der Waals surface area contributed by atoms with E-state index in [0.29, 0.717) is 23.5 Å². The molecule has 2 N–H and O–H groups in total. The Bertz CT molecular complexity index is 555. The molecule has 3 heteroatoms. The van der Waals surface area contributed by atoms with Gasteiger partial charge in [-0.05, 0) is 85.0 Å². The van der Waals surface area contributed by atoms with Gasteiger partial charge in [-0.15, -0.1) is 0 Å². The number of hydrogen-bond acceptors (Lipinski definition) is 3. The van der Waals surface area contributed by atoms with Gasteiger partial charge in [0.2, 0.25) is 0 Å². The van der Waals surface area contributed by atoms with Gasteiger partial charge in [0.1, 0.15) is 0 Å². The third-order valence-corrected chi connectivity index (χ3v) is 6.75. The van der Waals surface area contributed by atoms with Crippen LogP contribution in [0.4, 0.5) is 0 Å². The summed E-state index contributed by atoms with van der Waals surface area (Å²) in [7, 11) is 0. The van der Waals surface area contributed by atoms with Crippen LogP contribution < -0.4 is 4.89 Å². The maximum atomic E-state index is 10.4. The molecule has 2 saturated carbocycles. The molecule has 4 rings (SSSR count). The van der Waals surface area contributed by atoms with E-state index in [-0.39, 0.29) is 11.5 Å². The molecule has 3 aliphatic rings. The van der Waals surface area contributed by atoms with Gasteiger partial charge in [-0.3, -0.25) is 0 Å². The summed E-state index contributed by atoms with van der Waals surface area (Å²) < 4.78 is 0. The van der Waals surface area contributed by atoms with Crippen LogP contribution in [0.3, 0.4) is 0 Å². The molecule has 0 saturated heterocycles. The maximum absolute atomic E-state index is 10.4. The second-order valence-electron chi connectivity index (χ2n) is 7.51. The van der Waals surface area contributed by atoms with Crippen LogP contribution >= 0.6 is 0 Å².